The smallest absolute Gasteiger partial charge is 0.0912 e. The molecule has 1 fully saturated rings. The van der Waals surface area contributed by atoms with E-state index in [1.165, 1.54) is 0 Å². The Morgan fingerprint density at radius 1 is 1.53 bits per heavy atom. The maximum absolute atomic E-state index is 6.29. The molecule has 6 heteroatoms. The first-order valence-electron chi connectivity index (χ1n) is 6.93. The Hall–Kier alpha value is -0.620. The van der Waals surface area contributed by atoms with Crippen molar-refractivity contribution in [3.8, 4) is 0 Å². The van der Waals surface area contributed by atoms with Crippen molar-refractivity contribution in [2.24, 2.45) is 0 Å². The Labute approximate surface area is 119 Å². The van der Waals surface area contributed by atoms with E-state index in [4.69, 9.17) is 16.3 Å². The third-order valence-electron chi connectivity index (χ3n) is 3.73. The molecule has 0 spiro atoms. The SMILES string of the molecule is CCN1CCOC(C(NC)c2c(Cl)cnn2CC)C1. The second-order valence-electron chi connectivity index (χ2n) is 4.76. The van der Waals surface area contributed by atoms with E-state index in [-0.39, 0.29) is 12.1 Å². The molecule has 1 N–H and O–H groups in total. The minimum absolute atomic E-state index is 0.0734. The van der Waals surface area contributed by atoms with Crippen molar-refractivity contribution < 1.29 is 4.74 Å². The van der Waals surface area contributed by atoms with Gasteiger partial charge < -0.3 is 10.1 Å². The van der Waals surface area contributed by atoms with Gasteiger partial charge in [-0.15, -0.1) is 0 Å². The minimum Gasteiger partial charge on any atom is -0.374 e. The van der Waals surface area contributed by atoms with Crippen LogP contribution in [-0.4, -0.2) is 54.1 Å². The van der Waals surface area contributed by atoms with E-state index in [1.54, 1.807) is 6.20 Å². The van der Waals surface area contributed by atoms with E-state index in [2.05, 4.69) is 29.2 Å². The van der Waals surface area contributed by atoms with Crippen LogP contribution in [0.25, 0.3) is 0 Å². The summed E-state index contributed by atoms with van der Waals surface area (Å²) < 4.78 is 7.88. The summed E-state index contributed by atoms with van der Waals surface area (Å²) in [4.78, 5) is 2.40. The molecule has 5 nitrogen and oxygen atoms in total. The summed E-state index contributed by atoms with van der Waals surface area (Å²) in [6.07, 6.45) is 1.82. The van der Waals surface area contributed by atoms with E-state index in [0.29, 0.717) is 5.02 Å². The van der Waals surface area contributed by atoms with Crippen molar-refractivity contribution in [3.05, 3.63) is 16.9 Å². The number of nitrogens with one attached hydrogen (secondary N) is 1. The average Bonchev–Trinajstić information content (AvgIpc) is 2.82. The molecule has 2 rings (SSSR count). The molecule has 1 aliphatic heterocycles. The van der Waals surface area contributed by atoms with Gasteiger partial charge in [0.25, 0.3) is 0 Å². The highest BCUT2D eigenvalue weighted by Crippen LogP contribution is 2.28. The number of aromatic nitrogens is 2. The lowest BCUT2D eigenvalue weighted by atomic mass is 10.1. The quantitative estimate of drug-likeness (QED) is 0.892. The monoisotopic (exact) mass is 286 g/mol. The van der Waals surface area contributed by atoms with Crippen LogP contribution >= 0.6 is 11.6 Å². The molecule has 19 heavy (non-hydrogen) atoms. The third-order valence-corrected chi connectivity index (χ3v) is 4.03. The van der Waals surface area contributed by atoms with E-state index in [9.17, 15) is 0 Å². The van der Waals surface area contributed by atoms with Crippen LogP contribution in [-0.2, 0) is 11.3 Å². The number of likely N-dealkylation sites (N-methyl/N-ethyl adjacent to an activating group) is 2. The van der Waals surface area contributed by atoms with E-state index >= 15 is 0 Å². The molecular formula is C13H23ClN4O. The van der Waals surface area contributed by atoms with Crippen molar-refractivity contribution in [1.29, 1.82) is 0 Å². The van der Waals surface area contributed by atoms with Crippen LogP contribution in [0, 0.1) is 0 Å². The van der Waals surface area contributed by atoms with Gasteiger partial charge in [0.1, 0.15) is 0 Å². The Morgan fingerprint density at radius 3 is 2.95 bits per heavy atom. The number of nitrogens with zero attached hydrogens (tertiary/aromatic N) is 3. The Bertz CT molecular complexity index is 409. The summed E-state index contributed by atoms with van der Waals surface area (Å²) in [5.74, 6) is 0. The molecule has 1 aromatic heterocycles. The molecule has 2 unspecified atom stereocenters. The van der Waals surface area contributed by atoms with Gasteiger partial charge in [0.05, 0.1) is 35.7 Å². The number of aryl methyl sites for hydroxylation is 1. The molecule has 2 heterocycles. The molecule has 0 saturated carbocycles. The molecule has 0 aromatic carbocycles. The minimum atomic E-state index is 0.0734. The lowest BCUT2D eigenvalue weighted by molar-refractivity contribution is -0.0457. The van der Waals surface area contributed by atoms with Crippen LogP contribution in [0.15, 0.2) is 6.20 Å². The van der Waals surface area contributed by atoms with Crippen LogP contribution < -0.4 is 5.32 Å². The highest BCUT2D eigenvalue weighted by atomic mass is 35.5. The molecule has 0 bridgehead atoms. The van der Waals surface area contributed by atoms with Gasteiger partial charge in [0.2, 0.25) is 0 Å². The number of hydrogen-bond acceptors (Lipinski definition) is 4. The second-order valence-corrected chi connectivity index (χ2v) is 5.17. The van der Waals surface area contributed by atoms with E-state index in [1.807, 2.05) is 11.7 Å². The van der Waals surface area contributed by atoms with Gasteiger partial charge in [-0.2, -0.15) is 5.10 Å². The topological polar surface area (TPSA) is 42.3 Å². The van der Waals surface area contributed by atoms with E-state index in [0.717, 1.165) is 38.5 Å². The number of hydrogen-bond donors (Lipinski definition) is 1. The molecule has 2 atom stereocenters. The zero-order valence-corrected chi connectivity index (χ0v) is 12.7. The highest BCUT2D eigenvalue weighted by molar-refractivity contribution is 6.31. The van der Waals surface area contributed by atoms with E-state index < -0.39 is 0 Å². The van der Waals surface area contributed by atoms with Crippen LogP contribution in [0.3, 0.4) is 0 Å². The van der Waals surface area contributed by atoms with Crippen LogP contribution in [0.5, 0.6) is 0 Å². The van der Waals surface area contributed by atoms with Crippen molar-refractivity contribution in [3.63, 3.8) is 0 Å². The van der Waals surface area contributed by atoms with Crippen LogP contribution in [0.1, 0.15) is 25.6 Å². The fourth-order valence-electron chi connectivity index (χ4n) is 2.65. The normalized spacial score (nSPS) is 22.6. The molecule has 108 valence electrons. The Balaban J connectivity index is 2.21. The standard InChI is InChI=1S/C13H23ClN4O/c1-4-17-6-7-19-11(9-17)12(15-3)13-10(14)8-16-18(13)5-2/h8,11-12,15H,4-7,9H2,1-3H3. The fraction of sp³-hybridized carbons (Fsp3) is 0.769. The number of halogens is 1. The number of ether oxygens (including phenoxy) is 1. The predicted molar refractivity (Wildman–Crippen MR) is 76.6 cm³/mol. The third kappa shape index (κ3) is 3.11. The van der Waals surface area contributed by atoms with Crippen molar-refractivity contribution in [2.45, 2.75) is 32.5 Å². The molecule has 0 radical (unpaired) electrons. The van der Waals surface area contributed by atoms with Gasteiger partial charge in [-0.3, -0.25) is 9.58 Å². The van der Waals surface area contributed by atoms with Crippen LogP contribution in [0.2, 0.25) is 5.02 Å². The summed E-state index contributed by atoms with van der Waals surface area (Å²) >= 11 is 6.29. The zero-order chi connectivity index (χ0) is 13.8. The van der Waals surface area contributed by atoms with Gasteiger partial charge in [0.15, 0.2) is 0 Å². The summed E-state index contributed by atoms with van der Waals surface area (Å²) in [5.41, 5.74) is 1.02. The first kappa shape index (κ1) is 14.8. The summed E-state index contributed by atoms with van der Waals surface area (Å²) in [7, 11) is 1.95. The van der Waals surface area contributed by atoms with Gasteiger partial charge in [-0.1, -0.05) is 18.5 Å². The van der Waals surface area contributed by atoms with Gasteiger partial charge in [-0.25, -0.2) is 0 Å². The summed E-state index contributed by atoms with van der Waals surface area (Å²) in [6, 6.07) is 0.0734. The Kier molecular flexibility index (Phi) is 5.21. The lowest BCUT2D eigenvalue weighted by Gasteiger charge is -2.36. The van der Waals surface area contributed by atoms with Crippen molar-refractivity contribution in [2.75, 3.05) is 33.3 Å². The van der Waals surface area contributed by atoms with Crippen molar-refractivity contribution >= 4 is 11.6 Å². The predicted octanol–water partition coefficient (Wildman–Crippen LogP) is 1.54. The highest BCUT2D eigenvalue weighted by Gasteiger charge is 2.31. The lowest BCUT2D eigenvalue weighted by Crippen LogP contribution is -2.48. The first-order valence-corrected chi connectivity index (χ1v) is 7.31. The molecule has 1 saturated heterocycles. The number of rotatable bonds is 5. The molecular weight excluding hydrogens is 264 g/mol. The average molecular weight is 287 g/mol. The molecule has 1 aromatic rings. The van der Waals surface area contributed by atoms with Gasteiger partial charge in [0, 0.05) is 19.6 Å². The van der Waals surface area contributed by atoms with Crippen LogP contribution in [0.4, 0.5) is 0 Å². The molecule has 1 aliphatic rings. The van der Waals surface area contributed by atoms with Gasteiger partial charge >= 0.3 is 0 Å². The Morgan fingerprint density at radius 2 is 2.32 bits per heavy atom. The molecule has 0 amide bonds. The maximum atomic E-state index is 6.29. The zero-order valence-electron chi connectivity index (χ0n) is 11.9. The number of morpholine rings is 1. The summed E-state index contributed by atoms with van der Waals surface area (Å²) in [6.45, 7) is 8.81. The second kappa shape index (κ2) is 6.70. The maximum Gasteiger partial charge on any atom is 0.0912 e. The molecule has 0 aliphatic carbocycles. The summed E-state index contributed by atoms with van der Waals surface area (Å²) in [5, 5.41) is 8.36. The fourth-order valence-corrected chi connectivity index (χ4v) is 2.91. The van der Waals surface area contributed by atoms with Gasteiger partial charge in [-0.05, 0) is 20.5 Å². The first-order chi connectivity index (χ1) is 9.21. The van der Waals surface area contributed by atoms with Crippen molar-refractivity contribution in [1.82, 2.24) is 20.0 Å². The largest absolute Gasteiger partial charge is 0.374 e.